The number of halogens is 4. The van der Waals surface area contributed by atoms with Crippen LogP contribution in [-0.4, -0.2) is 32.8 Å². The number of thiophene rings is 1. The SMILES string of the molecule is CN(Cc1ccc(Br)s1)C(=O)CNS(=O)(=O)c1cccc(C(F)(F)F)c1. The van der Waals surface area contributed by atoms with E-state index >= 15 is 0 Å². The van der Waals surface area contributed by atoms with Gasteiger partial charge in [0.25, 0.3) is 0 Å². The Morgan fingerprint density at radius 2 is 1.96 bits per heavy atom. The van der Waals surface area contributed by atoms with Crippen LogP contribution in [-0.2, 0) is 27.5 Å². The van der Waals surface area contributed by atoms with Crippen LogP contribution in [0.2, 0.25) is 0 Å². The second-order valence-corrected chi connectivity index (χ2v) is 9.62. The lowest BCUT2D eigenvalue weighted by atomic mass is 10.2. The molecular formula is C15H14BrF3N2O3S2. The summed E-state index contributed by atoms with van der Waals surface area (Å²) < 4.78 is 65.3. The number of benzene rings is 1. The Bertz CT molecular complexity index is 898. The molecular weight excluding hydrogens is 457 g/mol. The zero-order valence-corrected chi connectivity index (χ0v) is 16.6. The summed E-state index contributed by atoms with van der Waals surface area (Å²) in [7, 11) is -2.73. The van der Waals surface area contributed by atoms with Crippen molar-refractivity contribution >= 4 is 43.2 Å². The van der Waals surface area contributed by atoms with Crippen LogP contribution in [0, 0.1) is 0 Å². The summed E-state index contributed by atoms with van der Waals surface area (Å²) in [6, 6.07) is 6.99. The Hall–Kier alpha value is -1.43. The maximum absolute atomic E-state index is 12.7. The van der Waals surface area contributed by atoms with Crippen molar-refractivity contribution in [3.63, 3.8) is 0 Å². The Labute approximate surface area is 161 Å². The zero-order chi connectivity index (χ0) is 19.5. The third kappa shape index (κ3) is 5.53. The van der Waals surface area contributed by atoms with Crippen molar-refractivity contribution in [2.45, 2.75) is 17.6 Å². The molecule has 0 aliphatic rings. The monoisotopic (exact) mass is 470 g/mol. The van der Waals surface area contributed by atoms with Crippen molar-refractivity contribution in [3.05, 3.63) is 50.6 Å². The number of carbonyl (C=O) groups excluding carboxylic acids is 1. The molecule has 1 amide bonds. The van der Waals surface area contributed by atoms with Crippen LogP contribution in [0.5, 0.6) is 0 Å². The molecule has 0 aliphatic carbocycles. The first-order valence-electron chi connectivity index (χ1n) is 7.14. The quantitative estimate of drug-likeness (QED) is 0.702. The van der Waals surface area contributed by atoms with E-state index in [1.165, 1.54) is 23.3 Å². The third-order valence-electron chi connectivity index (χ3n) is 3.33. The van der Waals surface area contributed by atoms with Gasteiger partial charge < -0.3 is 4.90 Å². The average molecular weight is 471 g/mol. The van der Waals surface area contributed by atoms with Gasteiger partial charge in [-0.1, -0.05) is 6.07 Å². The molecule has 0 fully saturated rings. The van der Waals surface area contributed by atoms with Crippen molar-refractivity contribution in [1.29, 1.82) is 0 Å². The maximum atomic E-state index is 12.7. The van der Waals surface area contributed by atoms with Crippen LogP contribution >= 0.6 is 27.3 Å². The Morgan fingerprint density at radius 1 is 1.27 bits per heavy atom. The standard InChI is InChI=1S/C15H14BrF3N2O3S2/c1-21(9-11-5-6-13(16)25-11)14(22)8-20-26(23,24)12-4-2-3-10(7-12)15(17,18)19/h2-7,20H,8-9H2,1H3. The van der Waals surface area contributed by atoms with Gasteiger partial charge in [-0.05, 0) is 46.3 Å². The molecule has 2 rings (SSSR count). The largest absolute Gasteiger partial charge is 0.416 e. The number of rotatable bonds is 6. The first kappa shape index (κ1) is 20.9. The second-order valence-electron chi connectivity index (χ2n) is 5.31. The lowest BCUT2D eigenvalue weighted by Gasteiger charge is -2.17. The normalized spacial score (nSPS) is 12.2. The fourth-order valence-corrected chi connectivity index (χ4v) is 4.53. The van der Waals surface area contributed by atoms with E-state index in [0.717, 1.165) is 26.9 Å². The average Bonchev–Trinajstić information content (AvgIpc) is 2.97. The molecule has 0 unspecified atom stereocenters. The first-order chi connectivity index (χ1) is 12.0. The minimum atomic E-state index is -4.66. The van der Waals surface area contributed by atoms with E-state index in [4.69, 9.17) is 0 Å². The van der Waals surface area contributed by atoms with Crippen molar-refractivity contribution in [1.82, 2.24) is 9.62 Å². The molecule has 1 heterocycles. The minimum absolute atomic E-state index is 0.292. The van der Waals surface area contributed by atoms with E-state index in [2.05, 4.69) is 15.9 Å². The van der Waals surface area contributed by atoms with Gasteiger partial charge in [-0.2, -0.15) is 13.2 Å². The third-order valence-corrected chi connectivity index (χ3v) is 6.34. The summed E-state index contributed by atoms with van der Waals surface area (Å²) in [5.74, 6) is -0.509. The number of hydrogen-bond acceptors (Lipinski definition) is 4. The number of alkyl halides is 3. The highest BCUT2D eigenvalue weighted by Gasteiger charge is 2.31. The highest BCUT2D eigenvalue weighted by atomic mass is 79.9. The number of hydrogen-bond donors (Lipinski definition) is 1. The number of amides is 1. The van der Waals surface area contributed by atoms with Crippen LogP contribution in [0.25, 0.3) is 0 Å². The van der Waals surface area contributed by atoms with Crippen LogP contribution < -0.4 is 4.72 Å². The van der Waals surface area contributed by atoms with Crippen molar-refractivity contribution < 1.29 is 26.4 Å². The molecule has 0 bridgehead atoms. The van der Waals surface area contributed by atoms with Crippen molar-refractivity contribution in [3.8, 4) is 0 Å². The second kappa shape index (κ2) is 8.07. The molecule has 142 valence electrons. The van der Waals surface area contributed by atoms with Crippen LogP contribution in [0.15, 0.2) is 45.1 Å². The molecule has 0 spiro atoms. The number of carbonyl (C=O) groups is 1. The summed E-state index contributed by atoms with van der Waals surface area (Å²) >= 11 is 4.74. The van der Waals surface area contributed by atoms with Gasteiger partial charge in [-0.3, -0.25) is 4.79 Å². The van der Waals surface area contributed by atoms with Gasteiger partial charge in [0.2, 0.25) is 15.9 Å². The van der Waals surface area contributed by atoms with Crippen LogP contribution in [0.1, 0.15) is 10.4 Å². The highest BCUT2D eigenvalue weighted by Crippen LogP contribution is 2.30. The topological polar surface area (TPSA) is 66.5 Å². The predicted octanol–water partition coefficient (Wildman–Crippen LogP) is 3.47. The molecule has 0 saturated carbocycles. The Morgan fingerprint density at radius 3 is 2.54 bits per heavy atom. The lowest BCUT2D eigenvalue weighted by Crippen LogP contribution is -2.37. The summed E-state index contributed by atoms with van der Waals surface area (Å²) in [4.78, 5) is 13.7. The van der Waals surface area contributed by atoms with Gasteiger partial charge in [0.15, 0.2) is 0 Å². The van der Waals surface area contributed by atoms with Gasteiger partial charge in [0.1, 0.15) is 0 Å². The van der Waals surface area contributed by atoms with Crippen molar-refractivity contribution in [2.75, 3.05) is 13.6 Å². The van der Waals surface area contributed by atoms with E-state index in [1.54, 1.807) is 0 Å². The Balaban J connectivity index is 2.02. The predicted molar refractivity (Wildman–Crippen MR) is 95.1 cm³/mol. The van der Waals surface area contributed by atoms with E-state index < -0.39 is 39.1 Å². The lowest BCUT2D eigenvalue weighted by molar-refractivity contribution is -0.137. The summed E-state index contributed by atoms with van der Waals surface area (Å²) in [6.07, 6.45) is -4.66. The number of nitrogens with zero attached hydrogens (tertiary/aromatic N) is 1. The molecule has 1 aromatic carbocycles. The fraction of sp³-hybridized carbons (Fsp3) is 0.267. The van der Waals surface area contributed by atoms with Crippen molar-refractivity contribution in [2.24, 2.45) is 0 Å². The molecule has 0 aliphatic heterocycles. The summed E-state index contributed by atoms with van der Waals surface area (Å²) in [5, 5.41) is 0. The van der Waals surface area contributed by atoms with Crippen LogP contribution in [0.4, 0.5) is 13.2 Å². The number of nitrogens with one attached hydrogen (secondary N) is 1. The molecule has 5 nitrogen and oxygen atoms in total. The molecule has 11 heteroatoms. The smallest absolute Gasteiger partial charge is 0.339 e. The summed E-state index contributed by atoms with van der Waals surface area (Å²) in [6.45, 7) is -0.262. The zero-order valence-electron chi connectivity index (χ0n) is 13.4. The fourth-order valence-electron chi connectivity index (χ4n) is 1.97. The van der Waals surface area contributed by atoms with Gasteiger partial charge in [0.05, 0.1) is 27.3 Å². The minimum Gasteiger partial charge on any atom is -0.339 e. The van der Waals surface area contributed by atoms with Crippen LogP contribution in [0.3, 0.4) is 0 Å². The molecule has 0 saturated heterocycles. The van der Waals surface area contributed by atoms with Gasteiger partial charge >= 0.3 is 6.18 Å². The number of likely N-dealkylation sites (N-methyl/N-ethyl adjacent to an activating group) is 1. The maximum Gasteiger partial charge on any atom is 0.416 e. The van der Waals surface area contributed by atoms with E-state index in [0.29, 0.717) is 12.6 Å². The van der Waals surface area contributed by atoms with E-state index in [1.807, 2.05) is 16.9 Å². The van der Waals surface area contributed by atoms with Gasteiger partial charge in [-0.15, -0.1) is 11.3 Å². The molecule has 0 radical (unpaired) electrons. The molecule has 1 aromatic heterocycles. The molecule has 0 atom stereocenters. The Kier molecular flexibility index (Phi) is 6.48. The molecule has 1 N–H and O–H groups in total. The van der Waals surface area contributed by atoms with E-state index in [-0.39, 0.29) is 0 Å². The highest BCUT2D eigenvalue weighted by molar-refractivity contribution is 9.11. The van der Waals surface area contributed by atoms with Gasteiger partial charge in [-0.25, -0.2) is 13.1 Å². The van der Waals surface area contributed by atoms with Gasteiger partial charge in [0, 0.05) is 11.9 Å². The number of sulfonamides is 1. The summed E-state index contributed by atoms with van der Waals surface area (Å²) in [5.41, 5.74) is -1.08. The first-order valence-corrected chi connectivity index (χ1v) is 10.2. The van der Waals surface area contributed by atoms with E-state index in [9.17, 15) is 26.4 Å². The molecule has 2 aromatic rings. The molecule has 26 heavy (non-hydrogen) atoms.